The van der Waals surface area contributed by atoms with Crippen molar-refractivity contribution in [3.8, 4) is 0 Å². The van der Waals surface area contributed by atoms with Gasteiger partial charge in [0.1, 0.15) is 4.88 Å². The molecule has 2 aromatic carbocycles. The minimum absolute atomic E-state index is 0.0905. The molecule has 0 aliphatic carbocycles. The van der Waals surface area contributed by atoms with Crippen LogP contribution in [-0.4, -0.2) is 24.3 Å². The van der Waals surface area contributed by atoms with Gasteiger partial charge in [0, 0.05) is 16.0 Å². The monoisotopic (exact) mass is 353 g/mol. The van der Waals surface area contributed by atoms with Gasteiger partial charge in [0.15, 0.2) is 12.4 Å². The van der Waals surface area contributed by atoms with Crippen molar-refractivity contribution in [3.05, 3.63) is 65.0 Å². The van der Waals surface area contributed by atoms with Crippen LogP contribution < -0.4 is 5.32 Å². The van der Waals surface area contributed by atoms with Gasteiger partial charge in [-0.15, -0.1) is 11.3 Å². The molecule has 5 nitrogen and oxygen atoms in total. The topological polar surface area (TPSA) is 72.5 Å². The smallest absolute Gasteiger partial charge is 0.348 e. The first-order chi connectivity index (χ1) is 12.0. The molecule has 0 bridgehead atoms. The fraction of sp³-hybridized carbons (Fsp3) is 0.105. The summed E-state index contributed by atoms with van der Waals surface area (Å²) in [7, 11) is 0. The normalized spacial score (nSPS) is 10.4. The average Bonchev–Trinajstić information content (AvgIpc) is 3.04. The van der Waals surface area contributed by atoms with Gasteiger partial charge < -0.3 is 10.1 Å². The predicted molar refractivity (Wildman–Crippen MR) is 97.2 cm³/mol. The standard InChI is InChI=1S/C19H15NO4S/c1-12(21)13-6-4-7-15(9-13)20-18(22)11-24-19(23)17-10-14-5-2-3-8-16(14)25-17/h2-10H,11H2,1H3,(H,20,22). The number of Topliss-reactive ketones (excluding diaryl/α,β-unsaturated/α-hetero) is 1. The van der Waals surface area contributed by atoms with Gasteiger partial charge in [-0.05, 0) is 36.6 Å². The first-order valence-electron chi connectivity index (χ1n) is 7.59. The Hall–Kier alpha value is -2.99. The van der Waals surface area contributed by atoms with E-state index in [1.165, 1.54) is 18.3 Å². The third-order valence-electron chi connectivity index (χ3n) is 3.51. The molecule has 126 valence electrons. The van der Waals surface area contributed by atoms with Crippen molar-refractivity contribution in [3.63, 3.8) is 0 Å². The van der Waals surface area contributed by atoms with E-state index in [1.54, 1.807) is 30.3 Å². The molecule has 0 fully saturated rings. The Bertz CT molecular complexity index is 928. The van der Waals surface area contributed by atoms with Gasteiger partial charge in [0.25, 0.3) is 5.91 Å². The van der Waals surface area contributed by atoms with Crippen LogP contribution in [0.1, 0.15) is 27.0 Å². The lowest BCUT2D eigenvalue weighted by molar-refractivity contribution is -0.119. The largest absolute Gasteiger partial charge is 0.451 e. The molecule has 1 heterocycles. The van der Waals surface area contributed by atoms with Crippen LogP contribution in [0.2, 0.25) is 0 Å². The number of hydrogen-bond donors (Lipinski definition) is 1. The van der Waals surface area contributed by atoms with Crippen molar-refractivity contribution in [2.75, 3.05) is 11.9 Å². The molecule has 0 unspecified atom stereocenters. The predicted octanol–water partition coefficient (Wildman–Crippen LogP) is 3.90. The molecule has 0 aliphatic rings. The molecule has 0 atom stereocenters. The number of carbonyl (C=O) groups is 3. The van der Waals surface area contributed by atoms with Gasteiger partial charge in [-0.1, -0.05) is 30.3 Å². The van der Waals surface area contributed by atoms with Gasteiger partial charge in [0.2, 0.25) is 0 Å². The SMILES string of the molecule is CC(=O)c1cccc(NC(=O)COC(=O)c2cc3ccccc3s2)c1. The molecule has 3 rings (SSSR count). The molecule has 0 saturated heterocycles. The molecule has 1 amide bonds. The van der Waals surface area contributed by atoms with Crippen LogP contribution in [0, 0.1) is 0 Å². The Kier molecular flexibility index (Phi) is 4.90. The Labute approximate surface area is 148 Å². The Morgan fingerprint density at radius 2 is 1.84 bits per heavy atom. The quantitative estimate of drug-likeness (QED) is 0.558. The minimum atomic E-state index is -0.533. The second kappa shape index (κ2) is 7.27. The number of hydrogen-bond acceptors (Lipinski definition) is 5. The number of nitrogens with one attached hydrogen (secondary N) is 1. The third-order valence-corrected chi connectivity index (χ3v) is 4.61. The number of amides is 1. The Balaban J connectivity index is 1.59. The summed E-state index contributed by atoms with van der Waals surface area (Å²) in [6.07, 6.45) is 0. The van der Waals surface area contributed by atoms with Crippen LogP contribution in [0.4, 0.5) is 5.69 Å². The number of ether oxygens (including phenoxy) is 1. The van der Waals surface area contributed by atoms with E-state index in [0.717, 1.165) is 10.1 Å². The van der Waals surface area contributed by atoms with E-state index in [2.05, 4.69) is 5.32 Å². The van der Waals surface area contributed by atoms with Crippen LogP contribution in [0.3, 0.4) is 0 Å². The lowest BCUT2D eigenvalue weighted by Crippen LogP contribution is -2.20. The highest BCUT2D eigenvalue weighted by molar-refractivity contribution is 7.20. The van der Waals surface area contributed by atoms with Crippen molar-refractivity contribution < 1.29 is 19.1 Å². The van der Waals surface area contributed by atoms with Gasteiger partial charge in [-0.2, -0.15) is 0 Å². The second-order valence-electron chi connectivity index (χ2n) is 5.41. The van der Waals surface area contributed by atoms with Gasteiger partial charge >= 0.3 is 5.97 Å². The average molecular weight is 353 g/mol. The minimum Gasteiger partial charge on any atom is -0.451 e. The molecule has 0 spiro atoms. The zero-order valence-corrected chi connectivity index (χ0v) is 14.3. The molecule has 0 radical (unpaired) electrons. The molecular formula is C19H15NO4S. The lowest BCUT2D eigenvalue weighted by Gasteiger charge is -2.07. The maximum Gasteiger partial charge on any atom is 0.348 e. The van der Waals surface area contributed by atoms with E-state index < -0.39 is 18.5 Å². The summed E-state index contributed by atoms with van der Waals surface area (Å²) < 4.78 is 6.05. The number of esters is 1. The first-order valence-corrected chi connectivity index (χ1v) is 8.41. The highest BCUT2D eigenvalue weighted by Crippen LogP contribution is 2.25. The summed E-state index contributed by atoms with van der Waals surface area (Å²) in [4.78, 5) is 35.8. The number of benzene rings is 2. The van der Waals surface area contributed by atoms with Gasteiger partial charge in [0.05, 0.1) is 0 Å². The molecule has 1 aromatic heterocycles. The number of carbonyl (C=O) groups excluding carboxylic acids is 3. The molecule has 25 heavy (non-hydrogen) atoms. The van der Waals surface area contributed by atoms with E-state index >= 15 is 0 Å². The molecule has 6 heteroatoms. The van der Waals surface area contributed by atoms with Crippen LogP contribution in [0.15, 0.2) is 54.6 Å². The number of thiophene rings is 1. The molecule has 0 saturated carbocycles. The van der Waals surface area contributed by atoms with Crippen molar-refractivity contribution >= 4 is 44.8 Å². The summed E-state index contributed by atoms with van der Waals surface area (Å²) in [5.74, 6) is -1.09. The number of rotatable bonds is 5. The van der Waals surface area contributed by atoms with Crippen LogP contribution in [0.5, 0.6) is 0 Å². The summed E-state index contributed by atoms with van der Waals surface area (Å²) in [5, 5.41) is 3.57. The van der Waals surface area contributed by atoms with E-state index in [-0.39, 0.29) is 5.78 Å². The van der Waals surface area contributed by atoms with Crippen molar-refractivity contribution in [1.29, 1.82) is 0 Å². The second-order valence-corrected chi connectivity index (χ2v) is 6.49. The van der Waals surface area contributed by atoms with E-state index in [4.69, 9.17) is 4.74 Å². The number of anilines is 1. The summed E-state index contributed by atoms with van der Waals surface area (Å²) in [6.45, 7) is 1.06. The highest BCUT2D eigenvalue weighted by atomic mass is 32.1. The summed E-state index contributed by atoms with van der Waals surface area (Å²) >= 11 is 1.32. The first kappa shape index (κ1) is 16.9. The number of ketones is 1. The Morgan fingerprint density at radius 3 is 2.60 bits per heavy atom. The van der Waals surface area contributed by atoms with Crippen molar-refractivity contribution in [2.24, 2.45) is 0 Å². The molecule has 0 aliphatic heterocycles. The zero-order valence-electron chi connectivity index (χ0n) is 13.4. The van der Waals surface area contributed by atoms with Crippen LogP contribution in [-0.2, 0) is 9.53 Å². The van der Waals surface area contributed by atoms with Crippen LogP contribution >= 0.6 is 11.3 Å². The molecular weight excluding hydrogens is 338 g/mol. The van der Waals surface area contributed by atoms with Crippen molar-refractivity contribution in [1.82, 2.24) is 0 Å². The van der Waals surface area contributed by atoms with Crippen molar-refractivity contribution in [2.45, 2.75) is 6.92 Å². The third kappa shape index (κ3) is 4.10. The maximum absolute atomic E-state index is 12.1. The fourth-order valence-corrected chi connectivity index (χ4v) is 3.25. The fourth-order valence-electron chi connectivity index (χ4n) is 2.30. The summed E-state index contributed by atoms with van der Waals surface area (Å²) in [6, 6.07) is 16.0. The zero-order chi connectivity index (χ0) is 17.8. The van der Waals surface area contributed by atoms with Crippen LogP contribution in [0.25, 0.3) is 10.1 Å². The van der Waals surface area contributed by atoms with E-state index in [9.17, 15) is 14.4 Å². The maximum atomic E-state index is 12.1. The lowest BCUT2D eigenvalue weighted by atomic mass is 10.1. The Morgan fingerprint density at radius 1 is 1.04 bits per heavy atom. The van der Waals surface area contributed by atoms with Gasteiger partial charge in [-0.3, -0.25) is 9.59 Å². The van der Waals surface area contributed by atoms with E-state index in [0.29, 0.717) is 16.1 Å². The van der Waals surface area contributed by atoms with E-state index in [1.807, 2.05) is 24.3 Å². The molecule has 3 aromatic rings. The number of fused-ring (bicyclic) bond motifs is 1. The summed E-state index contributed by atoms with van der Waals surface area (Å²) in [5.41, 5.74) is 0.982. The highest BCUT2D eigenvalue weighted by Gasteiger charge is 2.14. The molecule has 1 N–H and O–H groups in total. The van der Waals surface area contributed by atoms with Gasteiger partial charge in [-0.25, -0.2) is 4.79 Å².